The third-order valence-electron chi connectivity index (χ3n) is 3.97. The summed E-state index contributed by atoms with van der Waals surface area (Å²) in [5.74, 6) is 0. The van der Waals surface area contributed by atoms with Gasteiger partial charge in [0.2, 0.25) is 0 Å². The summed E-state index contributed by atoms with van der Waals surface area (Å²) in [4.78, 5) is 0.526. The molecule has 0 amide bonds. The van der Waals surface area contributed by atoms with Crippen molar-refractivity contribution in [1.29, 1.82) is 0 Å². The molecule has 0 spiro atoms. The van der Waals surface area contributed by atoms with E-state index in [1.54, 1.807) is 12.1 Å². The van der Waals surface area contributed by atoms with Gasteiger partial charge in [-0.25, -0.2) is 0 Å². The largest absolute Gasteiger partial charge is 0.383 e. The minimum absolute atomic E-state index is 0.483. The standard InChI is InChI=1S/C10H22OSi2/c12-10(6-2-3-7-11-10)13-8-4-1-5-9-13/h13H,1-9H2,12H3. The molecule has 2 aliphatic heterocycles. The fourth-order valence-electron chi connectivity index (χ4n) is 2.99. The first-order chi connectivity index (χ1) is 6.31. The van der Waals surface area contributed by atoms with Crippen LogP contribution in [0, 0.1) is 0 Å². The average molecular weight is 214 g/mol. The zero-order valence-corrected chi connectivity index (χ0v) is 12.0. The monoisotopic (exact) mass is 214 g/mol. The summed E-state index contributed by atoms with van der Waals surface area (Å²) in [5, 5.41) is 0. The molecule has 2 rings (SSSR count). The van der Waals surface area contributed by atoms with Crippen LogP contribution in [-0.2, 0) is 4.74 Å². The molecule has 3 heteroatoms. The lowest BCUT2D eigenvalue weighted by molar-refractivity contribution is 0.0319. The van der Waals surface area contributed by atoms with E-state index >= 15 is 0 Å². The fraction of sp³-hybridized carbons (Fsp3) is 1.00. The maximum Gasteiger partial charge on any atom is 0.0702 e. The third kappa shape index (κ3) is 2.25. The van der Waals surface area contributed by atoms with Gasteiger partial charge in [-0.05, 0) is 19.3 Å². The number of hydrogen-bond acceptors (Lipinski definition) is 1. The predicted molar refractivity (Wildman–Crippen MR) is 63.1 cm³/mol. The molecule has 76 valence electrons. The van der Waals surface area contributed by atoms with Gasteiger partial charge in [0.05, 0.1) is 8.80 Å². The summed E-state index contributed by atoms with van der Waals surface area (Å²) >= 11 is 0. The minimum Gasteiger partial charge on any atom is -0.383 e. The zero-order chi connectivity index (χ0) is 9.15. The molecular formula is C10H22OSi2. The maximum atomic E-state index is 6.13. The first kappa shape index (κ1) is 9.93. The van der Waals surface area contributed by atoms with Crippen molar-refractivity contribution < 1.29 is 4.74 Å². The van der Waals surface area contributed by atoms with E-state index in [1.165, 1.54) is 48.8 Å². The molecule has 0 bridgehead atoms. The first-order valence-electron chi connectivity index (χ1n) is 5.95. The summed E-state index contributed by atoms with van der Waals surface area (Å²) in [5.41, 5.74) is 0. The average Bonchev–Trinajstić information content (AvgIpc) is 2.20. The van der Waals surface area contributed by atoms with Crippen LogP contribution >= 0.6 is 0 Å². The Labute approximate surface area is 86.3 Å². The molecule has 13 heavy (non-hydrogen) atoms. The molecule has 1 atom stereocenters. The van der Waals surface area contributed by atoms with E-state index in [-0.39, 0.29) is 0 Å². The van der Waals surface area contributed by atoms with Crippen molar-refractivity contribution in [2.45, 2.75) is 55.5 Å². The van der Waals surface area contributed by atoms with Crippen molar-refractivity contribution in [3.05, 3.63) is 0 Å². The molecule has 0 radical (unpaired) electrons. The van der Waals surface area contributed by atoms with Gasteiger partial charge >= 0.3 is 0 Å². The SMILES string of the molecule is [SiH3]C1([SiH]2CCCCC2)CCCCO1. The van der Waals surface area contributed by atoms with Gasteiger partial charge in [0.1, 0.15) is 0 Å². The summed E-state index contributed by atoms with van der Waals surface area (Å²) in [6, 6.07) is 3.17. The predicted octanol–water partition coefficient (Wildman–Crippen LogP) is 1.20. The number of hydrogen-bond donors (Lipinski definition) is 0. The second-order valence-electron chi connectivity index (χ2n) is 4.95. The van der Waals surface area contributed by atoms with Gasteiger partial charge in [0.25, 0.3) is 0 Å². The van der Waals surface area contributed by atoms with Gasteiger partial charge < -0.3 is 4.74 Å². The van der Waals surface area contributed by atoms with Crippen LogP contribution in [0.5, 0.6) is 0 Å². The van der Waals surface area contributed by atoms with Crippen molar-refractivity contribution in [2.24, 2.45) is 0 Å². The highest BCUT2D eigenvalue weighted by Gasteiger charge is 2.37. The van der Waals surface area contributed by atoms with Gasteiger partial charge in [-0.3, -0.25) is 0 Å². The van der Waals surface area contributed by atoms with Crippen molar-refractivity contribution in [3.63, 3.8) is 0 Å². The molecule has 0 aliphatic carbocycles. The van der Waals surface area contributed by atoms with E-state index in [2.05, 4.69) is 0 Å². The molecular weight excluding hydrogens is 192 g/mol. The summed E-state index contributed by atoms with van der Waals surface area (Å²) < 4.78 is 6.13. The highest BCUT2D eigenvalue weighted by Crippen LogP contribution is 2.32. The van der Waals surface area contributed by atoms with Gasteiger partial charge in [0, 0.05) is 21.7 Å². The Morgan fingerprint density at radius 3 is 2.38 bits per heavy atom. The smallest absolute Gasteiger partial charge is 0.0702 e. The van der Waals surface area contributed by atoms with Crippen molar-refractivity contribution >= 4 is 19.0 Å². The summed E-state index contributed by atoms with van der Waals surface area (Å²) in [6.07, 6.45) is 8.74. The van der Waals surface area contributed by atoms with E-state index in [1.807, 2.05) is 0 Å². The Kier molecular flexibility index (Phi) is 3.27. The van der Waals surface area contributed by atoms with Crippen LogP contribution in [0.1, 0.15) is 38.5 Å². The molecule has 2 heterocycles. The first-order valence-corrected chi connectivity index (χ1v) is 9.16. The second-order valence-corrected chi connectivity index (χ2v) is 11.6. The fourth-order valence-corrected chi connectivity index (χ4v) is 9.32. The number of rotatable bonds is 1. The lowest BCUT2D eigenvalue weighted by atomic mass is 10.2. The molecule has 0 saturated carbocycles. The summed E-state index contributed by atoms with van der Waals surface area (Å²) in [6.45, 7) is 1.08. The third-order valence-corrected chi connectivity index (χ3v) is 11.6. The summed E-state index contributed by atoms with van der Waals surface area (Å²) in [7, 11) is 0.827. The van der Waals surface area contributed by atoms with Crippen LogP contribution in [0.2, 0.25) is 12.1 Å². The van der Waals surface area contributed by atoms with Gasteiger partial charge in [0.15, 0.2) is 0 Å². The van der Waals surface area contributed by atoms with Crippen LogP contribution < -0.4 is 0 Å². The van der Waals surface area contributed by atoms with Gasteiger partial charge in [-0.1, -0.05) is 31.4 Å². The Morgan fingerprint density at radius 2 is 1.77 bits per heavy atom. The molecule has 0 aromatic heterocycles. The van der Waals surface area contributed by atoms with E-state index < -0.39 is 8.80 Å². The van der Waals surface area contributed by atoms with Gasteiger partial charge in [-0.2, -0.15) is 0 Å². The highest BCUT2D eigenvalue weighted by molar-refractivity contribution is 6.70. The van der Waals surface area contributed by atoms with Crippen LogP contribution in [0.25, 0.3) is 0 Å². The molecule has 0 N–H and O–H groups in total. The van der Waals surface area contributed by atoms with Crippen molar-refractivity contribution in [3.8, 4) is 0 Å². The molecule has 0 aromatic rings. The Hall–Kier alpha value is 0.394. The Balaban J connectivity index is 1.94. The zero-order valence-electron chi connectivity index (χ0n) is 8.85. The van der Waals surface area contributed by atoms with E-state index in [0.717, 1.165) is 6.61 Å². The quantitative estimate of drug-likeness (QED) is 0.596. The molecule has 2 fully saturated rings. The van der Waals surface area contributed by atoms with Crippen molar-refractivity contribution in [2.75, 3.05) is 6.61 Å². The van der Waals surface area contributed by atoms with E-state index in [9.17, 15) is 0 Å². The van der Waals surface area contributed by atoms with E-state index in [4.69, 9.17) is 4.74 Å². The second kappa shape index (κ2) is 4.28. The van der Waals surface area contributed by atoms with Crippen LogP contribution in [-0.4, -0.2) is 30.5 Å². The normalized spacial score (nSPS) is 37.8. The Morgan fingerprint density at radius 1 is 1.00 bits per heavy atom. The number of ether oxygens (including phenoxy) is 1. The topological polar surface area (TPSA) is 9.23 Å². The maximum absolute atomic E-state index is 6.13. The van der Waals surface area contributed by atoms with Gasteiger partial charge in [-0.15, -0.1) is 0 Å². The van der Waals surface area contributed by atoms with Crippen molar-refractivity contribution in [1.82, 2.24) is 0 Å². The molecule has 1 nitrogen and oxygen atoms in total. The molecule has 1 unspecified atom stereocenters. The minimum atomic E-state index is -0.483. The van der Waals surface area contributed by atoms with E-state index in [0.29, 0.717) is 4.85 Å². The van der Waals surface area contributed by atoms with Crippen LogP contribution in [0.4, 0.5) is 0 Å². The van der Waals surface area contributed by atoms with Crippen LogP contribution in [0.3, 0.4) is 0 Å². The lowest BCUT2D eigenvalue weighted by Gasteiger charge is -2.41. The Bertz CT molecular complexity index is 160. The van der Waals surface area contributed by atoms with Crippen LogP contribution in [0.15, 0.2) is 0 Å². The molecule has 2 aliphatic rings. The molecule has 0 aromatic carbocycles. The lowest BCUT2D eigenvalue weighted by Crippen LogP contribution is -2.51. The molecule has 2 saturated heterocycles. The highest BCUT2D eigenvalue weighted by atomic mass is 28.3.